The molecule has 0 aromatic rings. The van der Waals surface area contributed by atoms with Gasteiger partial charge in [0.15, 0.2) is 0 Å². The molecule has 4 unspecified atom stereocenters. The molecule has 0 aromatic heterocycles. The van der Waals surface area contributed by atoms with Gasteiger partial charge in [0.05, 0.1) is 0 Å². The molecule has 0 N–H and O–H groups in total. The lowest BCUT2D eigenvalue weighted by Gasteiger charge is -2.18. The summed E-state index contributed by atoms with van der Waals surface area (Å²) in [6.45, 7) is 7.35. The fourth-order valence-electron chi connectivity index (χ4n) is 3.16. The van der Waals surface area contributed by atoms with E-state index in [1.807, 2.05) is 0 Å². The molecule has 0 saturated heterocycles. The highest BCUT2D eigenvalue weighted by molar-refractivity contribution is 4.96. The molecule has 0 bridgehead atoms. The zero-order chi connectivity index (χ0) is 9.47. The van der Waals surface area contributed by atoms with Gasteiger partial charge in [-0.15, -0.1) is 0 Å². The summed E-state index contributed by atoms with van der Waals surface area (Å²) in [6, 6.07) is 0. The van der Waals surface area contributed by atoms with Crippen molar-refractivity contribution in [3.8, 4) is 0 Å². The Hall–Kier alpha value is 0. The highest BCUT2D eigenvalue weighted by Crippen LogP contribution is 2.56. The first-order chi connectivity index (χ1) is 6.12. The normalized spacial score (nSPS) is 49.6. The number of rotatable bonds is 3. The molecule has 2 aliphatic rings. The topological polar surface area (TPSA) is 0 Å². The third-order valence-corrected chi connectivity index (χ3v) is 4.93. The van der Waals surface area contributed by atoms with Crippen molar-refractivity contribution in [3.05, 3.63) is 0 Å². The van der Waals surface area contributed by atoms with E-state index in [1.165, 1.54) is 38.5 Å². The van der Waals surface area contributed by atoms with Crippen molar-refractivity contribution in [3.63, 3.8) is 0 Å². The summed E-state index contributed by atoms with van der Waals surface area (Å²) < 4.78 is 0. The smallest absolute Gasteiger partial charge is 0.0297 e. The maximum absolute atomic E-state index is 2.48. The lowest BCUT2D eigenvalue weighted by atomic mass is 9.88. The molecular weight excluding hydrogens is 156 g/mol. The van der Waals surface area contributed by atoms with Crippen molar-refractivity contribution in [1.82, 2.24) is 0 Å². The van der Waals surface area contributed by atoms with E-state index >= 15 is 0 Å². The van der Waals surface area contributed by atoms with Crippen LogP contribution >= 0.6 is 0 Å². The third-order valence-electron chi connectivity index (χ3n) is 4.93. The van der Waals surface area contributed by atoms with Crippen molar-refractivity contribution in [2.45, 2.75) is 59.3 Å². The largest absolute Gasteiger partial charge is 0.0622 e. The molecule has 13 heavy (non-hydrogen) atoms. The molecule has 2 aliphatic carbocycles. The molecule has 2 saturated carbocycles. The average molecular weight is 180 g/mol. The lowest BCUT2D eigenvalue weighted by Crippen LogP contribution is -2.07. The summed E-state index contributed by atoms with van der Waals surface area (Å²) in [4.78, 5) is 0. The molecule has 0 radical (unpaired) electrons. The SMILES string of the molecule is CC1CCCC1CCC1(C)CC1C. The van der Waals surface area contributed by atoms with Crippen LogP contribution in [0.4, 0.5) is 0 Å². The summed E-state index contributed by atoms with van der Waals surface area (Å²) in [7, 11) is 0. The highest BCUT2D eigenvalue weighted by atomic mass is 14.5. The predicted octanol–water partition coefficient (Wildman–Crippen LogP) is 4.25. The van der Waals surface area contributed by atoms with E-state index in [0.29, 0.717) is 0 Å². The monoisotopic (exact) mass is 180 g/mol. The van der Waals surface area contributed by atoms with Crippen LogP contribution in [0.25, 0.3) is 0 Å². The van der Waals surface area contributed by atoms with Crippen molar-refractivity contribution < 1.29 is 0 Å². The van der Waals surface area contributed by atoms with Gasteiger partial charge >= 0.3 is 0 Å². The van der Waals surface area contributed by atoms with Crippen LogP contribution in [0.3, 0.4) is 0 Å². The molecule has 76 valence electrons. The first kappa shape index (κ1) is 9.55. The molecule has 2 rings (SSSR count). The highest BCUT2D eigenvalue weighted by Gasteiger charge is 2.46. The Morgan fingerprint density at radius 1 is 1.23 bits per heavy atom. The Balaban J connectivity index is 1.73. The Morgan fingerprint density at radius 2 is 1.92 bits per heavy atom. The van der Waals surface area contributed by atoms with E-state index in [4.69, 9.17) is 0 Å². The maximum Gasteiger partial charge on any atom is -0.0297 e. The van der Waals surface area contributed by atoms with Gasteiger partial charge < -0.3 is 0 Å². The molecule has 0 spiro atoms. The van der Waals surface area contributed by atoms with E-state index in [1.54, 1.807) is 0 Å². The number of hydrogen-bond acceptors (Lipinski definition) is 0. The van der Waals surface area contributed by atoms with Crippen LogP contribution in [0, 0.1) is 23.2 Å². The van der Waals surface area contributed by atoms with E-state index in [0.717, 1.165) is 23.2 Å². The Kier molecular flexibility index (Phi) is 2.42. The summed E-state index contributed by atoms with van der Waals surface area (Å²) in [6.07, 6.45) is 9.03. The lowest BCUT2D eigenvalue weighted by molar-refractivity contribution is 0.332. The quantitative estimate of drug-likeness (QED) is 0.609. The van der Waals surface area contributed by atoms with Crippen molar-refractivity contribution in [2.75, 3.05) is 0 Å². The van der Waals surface area contributed by atoms with E-state index in [9.17, 15) is 0 Å². The second-order valence-electron chi connectivity index (χ2n) is 5.97. The zero-order valence-corrected chi connectivity index (χ0v) is 9.47. The van der Waals surface area contributed by atoms with Gasteiger partial charge in [-0.25, -0.2) is 0 Å². The van der Waals surface area contributed by atoms with Crippen LogP contribution in [-0.4, -0.2) is 0 Å². The average Bonchev–Trinajstić information content (AvgIpc) is 2.50. The fraction of sp³-hybridized carbons (Fsp3) is 1.00. The van der Waals surface area contributed by atoms with Crippen molar-refractivity contribution in [2.24, 2.45) is 23.2 Å². The summed E-state index contributed by atoms with van der Waals surface area (Å²) in [5.74, 6) is 3.12. The maximum atomic E-state index is 2.48. The van der Waals surface area contributed by atoms with Crippen LogP contribution in [-0.2, 0) is 0 Å². The predicted molar refractivity (Wildman–Crippen MR) is 57.6 cm³/mol. The number of hydrogen-bond donors (Lipinski definition) is 0. The second kappa shape index (κ2) is 3.29. The Labute approximate surface area is 83.1 Å². The molecule has 2 fully saturated rings. The van der Waals surface area contributed by atoms with Gasteiger partial charge in [0.2, 0.25) is 0 Å². The molecule has 0 amide bonds. The van der Waals surface area contributed by atoms with Crippen molar-refractivity contribution >= 4 is 0 Å². The Bertz CT molecular complexity index is 184. The summed E-state index contributed by atoms with van der Waals surface area (Å²) in [5, 5.41) is 0. The minimum absolute atomic E-state index is 0.752. The minimum atomic E-state index is 0.752. The first-order valence-corrected chi connectivity index (χ1v) is 6.12. The summed E-state index contributed by atoms with van der Waals surface area (Å²) >= 11 is 0. The molecule has 0 heteroatoms. The van der Waals surface area contributed by atoms with Gasteiger partial charge in [-0.2, -0.15) is 0 Å². The van der Waals surface area contributed by atoms with Crippen molar-refractivity contribution in [1.29, 1.82) is 0 Å². The van der Waals surface area contributed by atoms with Crippen LogP contribution < -0.4 is 0 Å². The van der Waals surface area contributed by atoms with Crippen LogP contribution in [0.2, 0.25) is 0 Å². The van der Waals surface area contributed by atoms with Crippen LogP contribution in [0.5, 0.6) is 0 Å². The van der Waals surface area contributed by atoms with E-state index < -0.39 is 0 Å². The molecule has 0 aliphatic heterocycles. The molecule has 0 nitrogen and oxygen atoms in total. The van der Waals surface area contributed by atoms with E-state index in [2.05, 4.69) is 20.8 Å². The van der Waals surface area contributed by atoms with Gasteiger partial charge in [-0.05, 0) is 42.4 Å². The third kappa shape index (κ3) is 1.92. The second-order valence-corrected chi connectivity index (χ2v) is 5.97. The van der Waals surface area contributed by atoms with Crippen LogP contribution in [0.1, 0.15) is 59.3 Å². The molecular formula is C13H24. The van der Waals surface area contributed by atoms with Gasteiger partial charge in [0.25, 0.3) is 0 Å². The Morgan fingerprint density at radius 3 is 2.38 bits per heavy atom. The van der Waals surface area contributed by atoms with E-state index in [-0.39, 0.29) is 0 Å². The minimum Gasteiger partial charge on any atom is -0.0622 e. The van der Waals surface area contributed by atoms with Gasteiger partial charge in [-0.1, -0.05) is 40.0 Å². The zero-order valence-electron chi connectivity index (χ0n) is 9.47. The van der Waals surface area contributed by atoms with Gasteiger partial charge in [0, 0.05) is 0 Å². The standard InChI is InChI=1S/C13H24/c1-10-5-4-6-12(10)7-8-13(3)9-11(13)2/h10-12H,4-9H2,1-3H3. The molecule has 4 atom stereocenters. The first-order valence-electron chi connectivity index (χ1n) is 6.12. The van der Waals surface area contributed by atoms with Gasteiger partial charge in [0.1, 0.15) is 0 Å². The van der Waals surface area contributed by atoms with Crippen LogP contribution in [0.15, 0.2) is 0 Å². The van der Waals surface area contributed by atoms with Gasteiger partial charge in [-0.3, -0.25) is 0 Å². The molecule has 0 heterocycles. The summed E-state index contributed by atoms with van der Waals surface area (Å²) in [5.41, 5.74) is 0.752. The fourth-order valence-corrected chi connectivity index (χ4v) is 3.16. The molecule has 0 aromatic carbocycles.